The molecule has 0 bridgehead atoms. The number of hydrogen-bond acceptors (Lipinski definition) is 2. The van der Waals surface area contributed by atoms with Gasteiger partial charge in [-0.05, 0) is 42.2 Å². The van der Waals surface area contributed by atoms with Crippen molar-refractivity contribution in [1.29, 1.82) is 0 Å². The number of rotatable bonds is 5. The second-order valence-electron chi connectivity index (χ2n) is 4.96. The van der Waals surface area contributed by atoms with Crippen LogP contribution in [-0.4, -0.2) is 8.42 Å². The van der Waals surface area contributed by atoms with Crippen molar-refractivity contribution in [3.8, 4) is 0 Å². The van der Waals surface area contributed by atoms with Gasteiger partial charge in [-0.2, -0.15) is 0 Å². The number of sulfonamides is 1. The molecule has 0 aliphatic heterocycles. The molecule has 0 saturated heterocycles. The van der Waals surface area contributed by atoms with E-state index in [2.05, 4.69) is 18.6 Å². The molecule has 0 amide bonds. The van der Waals surface area contributed by atoms with Crippen LogP contribution in [0, 0.1) is 0 Å². The van der Waals surface area contributed by atoms with Gasteiger partial charge in [-0.3, -0.25) is 4.72 Å². The third kappa shape index (κ3) is 3.77. The fourth-order valence-electron chi connectivity index (χ4n) is 1.96. The minimum atomic E-state index is -3.62. The lowest BCUT2D eigenvalue weighted by Gasteiger charge is -2.12. The SMILES string of the molecule is CCC(C)c1ccc(S(=O)(=O)Nc2ccccc2Cl)cc1. The van der Waals surface area contributed by atoms with Gasteiger partial charge in [0.1, 0.15) is 0 Å². The quantitative estimate of drug-likeness (QED) is 0.870. The maximum Gasteiger partial charge on any atom is 0.261 e. The molecule has 2 aromatic rings. The first kappa shape index (κ1) is 15.9. The van der Waals surface area contributed by atoms with Crippen LogP contribution in [0.25, 0.3) is 0 Å². The Hall–Kier alpha value is -1.52. The van der Waals surface area contributed by atoms with Gasteiger partial charge in [-0.1, -0.05) is 49.7 Å². The van der Waals surface area contributed by atoms with Crippen molar-refractivity contribution in [3.63, 3.8) is 0 Å². The molecule has 3 nitrogen and oxygen atoms in total. The van der Waals surface area contributed by atoms with E-state index in [1.165, 1.54) is 0 Å². The van der Waals surface area contributed by atoms with Gasteiger partial charge in [0.15, 0.2) is 0 Å². The Morgan fingerprint density at radius 1 is 1.10 bits per heavy atom. The van der Waals surface area contributed by atoms with E-state index in [9.17, 15) is 8.42 Å². The van der Waals surface area contributed by atoms with Crippen molar-refractivity contribution in [2.75, 3.05) is 4.72 Å². The predicted octanol–water partition coefficient (Wildman–Crippen LogP) is 4.65. The summed E-state index contributed by atoms with van der Waals surface area (Å²) in [5, 5.41) is 0.373. The molecule has 0 saturated carbocycles. The first-order valence-corrected chi connectivity index (χ1v) is 8.67. The Bertz CT molecular complexity index is 711. The lowest BCUT2D eigenvalue weighted by molar-refractivity contribution is 0.601. The maximum atomic E-state index is 12.3. The van der Waals surface area contributed by atoms with Gasteiger partial charge >= 0.3 is 0 Å². The number of hydrogen-bond donors (Lipinski definition) is 1. The first-order chi connectivity index (χ1) is 9.94. The van der Waals surface area contributed by atoms with Crippen LogP contribution in [0.5, 0.6) is 0 Å². The predicted molar refractivity (Wildman–Crippen MR) is 87.4 cm³/mol. The molecule has 2 aromatic carbocycles. The zero-order chi connectivity index (χ0) is 15.5. The fraction of sp³-hybridized carbons (Fsp3) is 0.250. The highest BCUT2D eigenvalue weighted by Gasteiger charge is 2.16. The lowest BCUT2D eigenvalue weighted by Crippen LogP contribution is -2.13. The fourth-order valence-corrected chi connectivity index (χ4v) is 3.28. The van der Waals surface area contributed by atoms with Crippen molar-refractivity contribution in [2.24, 2.45) is 0 Å². The van der Waals surface area contributed by atoms with Crippen LogP contribution in [0.2, 0.25) is 5.02 Å². The van der Waals surface area contributed by atoms with Gasteiger partial charge in [-0.15, -0.1) is 0 Å². The first-order valence-electron chi connectivity index (χ1n) is 6.81. The number of nitrogens with one attached hydrogen (secondary N) is 1. The minimum absolute atomic E-state index is 0.231. The molecule has 2 rings (SSSR count). The summed E-state index contributed by atoms with van der Waals surface area (Å²) >= 11 is 5.98. The topological polar surface area (TPSA) is 46.2 Å². The summed E-state index contributed by atoms with van der Waals surface area (Å²) in [6, 6.07) is 13.7. The summed E-state index contributed by atoms with van der Waals surface area (Å²) in [4.78, 5) is 0.231. The Morgan fingerprint density at radius 3 is 2.29 bits per heavy atom. The van der Waals surface area contributed by atoms with Crippen LogP contribution in [0.1, 0.15) is 31.7 Å². The molecule has 1 atom stereocenters. The second kappa shape index (κ2) is 6.50. The highest BCUT2D eigenvalue weighted by molar-refractivity contribution is 7.92. The van der Waals surface area contributed by atoms with Crippen molar-refractivity contribution >= 4 is 27.3 Å². The molecule has 0 spiro atoms. The highest BCUT2D eigenvalue weighted by atomic mass is 35.5. The average molecular weight is 324 g/mol. The molecule has 5 heteroatoms. The standard InChI is InChI=1S/C16H18ClNO2S/c1-3-12(2)13-8-10-14(11-9-13)21(19,20)18-16-7-5-4-6-15(16)17/h4-12,18H,3H2,1-2H3. The van der Waals surface area contributed by atoms with Crippen LogP contribution >= 0.6 is 11.6 Å². The molecule has 1 N–H and O–H groups in total. The second-order valence-corrected chi connectivity index (χ2v) is 7.05. The lowest BCUT2D eigenvalue weighted by atomic mass is 9.99. The molecule has 0 radical (unpaired) electrons. The third-order valence-corrected chi connectivity index (χ3v) is 5.20. The third-order valence-electron chi connectivity index (χ3n) is 3.49. The van der Waals surface area contributed by atoms with E-state index in [-0.39, 0.29) is 4.90 Å². The largest absolute Gasteiger partial charge is 0.278 e. The Kier molecular flexibility index (Phi) is 4.91. The van der Waals surface area contributed by atoms with E-state index in [0.29, 0.717) is 16.6 Å². The van der Waals surface area contributed by atoms with Crippen molar-refractivity contribution < 1.29 is 8.42 Å². The zero-order valence-corrected chi connectivity index (χ0v) is 13.6. The van der Waals surface area contributed by atoms with Crippen molar-refractivity contribution in [1.82, 2.24) is 0 Å². The minimum Gasteiger partial charge on any atom is -0.278 e. The van der Waals surface area contributed by atoms with Crippen LogP contribution in [0.4, 0.5) is 5.69 Å². The van der Waals surface area contributed by atoms with Gasteiger partial charge < -0.3 is 0 Å². The van der Waals surface area contributed by atoms with Gasteiger partial charge in [-0.25, -0.2) is 8.42 Å². The van der Waals surface area contributed by atoms with E-state index >= 15 is 0 Å². The van der Waals surface area contributed by atoms with E-state index in [1.54, 1.807) is 36.4 Å². The molecular formula is C16H18ClNO2S. The van der Waals surface area contributed by atoms with E-state index in [4.69, 9.17) is 11.6 Å². The van der Waals surface area contributed by atoms with Crippen molar-refractivity contribution in [3.05, 3.63) is 59.1 Å². The summed E-state index contributed by atoms with van der Waals surface area (Å²) in [5.41, 5.74) is 1.51. The Morgan fingerprint density at radius 2 is 1.71 bits per heavy atom. The number of benzene rings is 2. The van der Waals surface area contributed by atoms with Crippen LogP contribution in [0.3, 0.4) is 0 Å². The normalized spacial score (nSPS) is 12.9. The molecule has 0 aliphatic carbocycles. The Balaban J connectivity index is 2.26. The van der Waals surface area contributed by atoms with E-state index in [1.807, 2.05) is 12.1 Å². The van der Waals surface area contributed by atoms with Crippen LogP contribution < -0.4 is 4.72 Å². The average Bonchev–Trinajstić information content (AvgIpc) is 2.49. The maximum absolute atomic E-state index is 12.3. The molecule has 0 aliphatic rings. The summed E-state index contributed by atoms with van der Waals surface area (Å²) < 4.78 is 27.2. The summed E-state index contributed by atoms with van der Waals surface area (Å²) in [7, 11) is -3.62. The summed E-state index contributed by atoms with van der Waals surface area (Å²) in [6.45, 7) is 4.22. The smallest absolute Gasteiger partial charge is 0.261 e. The molecule has 21 heavy (non-hydrogen) atoms. The summed E-state index contributed by atoms with van der Waals surface area (Å²) in [6.07, 6.45) is 1.02. The van der Waals surface area contributed by atoms with Gasteiger partial charge in [0, 0.05) is 0 Å². The molecule has 0 heterocycles. The molecule has 0 fully saturated rings. The van der Waals surface area contributed by atoms with Crippen molar-refractivity contribution in [2.45, 2.75) is 31.1 Å². The molecule has 1 unspecified atom stereocenters. The number of anilines is 1. The number of halogens is 1. The van der Waals surface area contributed by atoms with E-state index < -0.39 is 10.0 Å². The van der Waals surface area contributed by atoms with E-state index in [0.717, 1.165) is 12.0 Å². The van der Waals surface area contributed by atoms with Gasteiger partial charge in [0.25, 0.3) is 10.0 Å². The highest BCUT2D eigenvalue weighted by Crippen LogP contribution is 2.25. The Labute approximate surface area is 131 Å². The zero-order valence-electron chi connectivity index (χ0n) is 12.0. The summed E-state index contributed by atoms with van der Waals surface area (Å²) in [5.74, 6) is 0.415. The van der Waals surface area contributed by atoms with Gasteiger partial charge in [0.2, 0.25) is 0 Å². The molecular weight excluding hydrogens is 306 g/mol. The van der Waals surface area contributed by atoms with Crippen LogP contribution in [-0.2, 0) is 10.0 Å². The number of para-hydroxylation sites is 1. The molecule has 0 aromatic heterocycles. The van der Waals surface area contributed by atoms with Crippen LogP contribution in [0.15, 0.2) is 53.4 Å². The molecule has 112 valence electrons. The monoisotopic (exact) mass is 323 g/mol. The van der Waals surface area contributed by atoms with Gasteiger partial charge in [0.05, 0.1) is 15.6 Å².